The molecule has 0 spiro atoms. The van der Waals surface area contributed by atoms with Gasteiger partial charge in [-0.3, -0.25) is 4.98 Å². The molecule has 0 aliphatic carbocycles. The maximum atomic E-state index is 6.28. The standard InChI is InChI=1S/C25H34N2O5/c1-15-20(7-6-9-26-15)16(2)27-10-8-19-11-17-14-23(31-19)32-24(17)18-12-21(28-3)25(30-5)22(13-18)29-4/h6-7,9,12-13,16-17,19,23-24,27H,8,10-11,14H2,1-5H3. The molecule has 0 saturated carbocycles. The second-order valence-corrected chi connectivity index (χ2v) is 8.58. The highest BCUT2D eigenvalue weighted by molar-refractivity contribution is 5.54. The Morgan fingerprint density at radius 3 is 2.50 bits per heavy atom. The fourth-order valence-electron chi connectivity index (χ4n) is 4.94. The summed E-state index contributed by atoms with van der Waals surface area (Å²) in [7, 11) is 4.88. The third-order valence-electron chi connectivity index (χ3n) is 6.58. The molecular formula is C25H34N2O5. The first kappa shape index (κ1) is 22.8. The smallest absolute Gasteiger partial charge is 0.203 e. The monoisotopic (exact) mass is 442 g/mol. The van der Waals surface area contributed by atoms with Gasteiger partial charge in [0.25, 0.3) is 0 Å². The Labute approximate surface area is 190 Å². The Morgan fingerprint density at radius 1 is 1.09 bits per heavy atom. The molecule has 1 aromatic carbocycles. The zero-order chi connectivity index (χ0) is 22.7. The molecule has 174 valence electrons. The lowest BCUT2D eigenvalue weighted by Gasteiger charge is -2.28. The molecule has 5 atom stereocenters. The van der Waals surface area contributed by atoms with E-state index in [4.69, 9.17) is 23.7 Å². The van der Waals surface area contributed by atoms with Crippen molar-refractivity contribution in [2.75, 3.05) is 27.9 Å². The number of fused-ring (bicyclic) bond motifs is 2. The maximum Gasteiger partial charge on any atom is 0.203 e. The predicted octanol–water partition coefficient (Wildman–Crippen LogP) is 4.35. The van der Waals surface area contributed by atoms with Gasteiger partial charge in [0.1, 0.15) is 0 Å². The van der Waals surface area contributed by atoms with Crippen LogP contribution in [0.5, 0.6) is 17.2 Å². The van der Waals surface area contributed by atoms with Crippen LogP contribution in [-0.2, 0) is 9.47 Å². The number of benzene rings is 1. The van der Waals surface area contributed by atoms with E-state index in [-0.39, 0.29) is 24.5 Å². The van der Waals surface area contributed by atoms with Crippen LogP contribution in [0.15, 0.2) is 30.5 Å². The first-order valence-corrected chi connectivity index (χ1v) is 11.3. The Balaban J connectivity index is 1.37. The first-order chi connectivity index (χ1) is 15.5. The van der Waals surface area contributed by atoms with Crippen LogP contribution in [0, 0.1) is 12.8 Å². The van der Waals surface area contributed by atoms with Crippen LogP contribution in [0.25, 0.3) is 0 Å². The Hall–Kier alpha value is -2.35. The van der Waals surface area contributed by atoms with Gasteiger partial charge in [-0.05, 0) is 68.5 Å². The molecule has 2 aliphatic rings. The highest BCUT2D eigenvalue weighted by atomic mass is 16.7. The fourth-order valence-corrected chi connectivity index (χ4v) is 4.94. The zero-order valence-electron chi connectivity index (χ0n) is 19.6. The summed E-state index contributed by atoms with van der Waals surface area (Å²) >= 11 is 0. The molecule has 3 heterocycles. The van der Waals surface area contributed by atoms with E-state index < -0.39 is 0 Å². The van der Waals surface area contributed by atoms with Gasteiger partial charge in [0.15, 0.2) is 17.8 Å². The molecule has 1 aromatic heterocycles. The number of aromatic nitrogens is 1. The topological polar surface area (TPSA) is 71.1 Å². The lowest BCUT2D eigenvalue weighted by molar-refractivity contribution is -0.161. The minimum absolute atomic E-state index is 0.0383. The van der Waals surface area contributed by atoms with E-state index in [1.807, 2.05) is 24.4 Å². The van der Waals surface area contributed by atoms with E-state index in [1.165, 1.54) is 5.56 Å². The third-order valence-corrected chi connectivity index (χ3v) is 6.58. The maximum absolute atomic E-state index is 6.28. The lowest BCUT2D eigenvalue weighted by atomic mass is 9.87. The molecule has 7 heteroatoms. The van der Waals surface area contributed by atoms with Crippen LogP contribution in [0.3, 0.4) is 0 Å². The summed E-state index contributed by atoms with van der Waals surface area (Å²) in [6, 6.07) is 8.35. The van der Waals surface area contributed by atoms with Gasteiger partial charge in [-0.15, -0.1) is 0 Å². The van der Waals surface area contributed by atoms with Gasteiger partial charge in [-0.2, -0.15) is 0 Å². The van der Waals surface area contributed by atoms with E-state index >= 15 is 0 Å². The van der Waals surface area contributed by atoms with Crippen molar-refractivity contribution in [3.63, 3.8) is 0 Å². The van der Waals surface area contributed by atoms with Crippen molar-refractivity contribution in [2.45, 2.75) is 57.6 Å². The number of hydrogen-bond donors (Lipinski definition) is 1. The lowest BCUT2D eigenvalue weighted by Crippen LogP contribution is -2.31. The van der Waals surface area contributed by atoms with Crippen molar-refractivity contribution >= 4 is 0 Å². The number of ether oxygens (including phenoxy) is 5. The number of pyridine rings is 1. The van der Waals surface area contributed by atoms with Gasteiger partial charge in [0, 0.05) is 24.4 Å². The Morgan fingerprint density at radius 2 is 1.84 bits per heavy atom. The third kappa shape index (κ3) is 4.70. The summed E-state index contributed by atoms with van der Waals surface area (Å²) in [6.45, 7) is 5.11. The van der Waals surface area contributed by atoms with Crippen molar-refractivity contribution in [3.8, 4) is 17.2 Å². The van der Waals surface area contributed by atoms with Gasteiger partial charge in [-0.1, -0.05) is 6.07 Å². The number of hydrogen-bond acceptors (Lipinski definition) is 7. The van der Waals surface area contributed by atoms with Crippen LogP contribution in [0.1, 0.15) is 55.2 Å². The van der Waals surface area contributed by atoms with Gasteiger partial charge in [0.2, 0.25) is 5.75 Å². The highest BCUT2D eigenvalue weighted by Crippen LogP contribution is 2.49. The largest absolute Gasteiger partial charge is 0.493 e. The number of methoxy groups -OCH3 is 3. The summed E-state index contributed by atoms with van der Waals surface area (Å²) in [4.78, 5) is 4.39. The Kier molecular flexibility index (Phi) is 7.18. The van der Waals surface area contributed by atoms with Crippen LogP contribution < -0.4 is 19.5 Å². The molecule has 1 N–H and O–H groups in total. The van der Waals surface area contributed by atoms with Crippen molar-refractivity contribution in [3.05, 3.63) is 47.3 Å². The second-order valence-electron chi connectivity index (χ2n) is 8.58. The summed E-state index contributed by atoms with van der Waals surface area (Å²) in [6.07, 6.45) is 4.64. The SMILES string of the molecule is COc1cc(C2OC3CC2CC(CCNC(C)c2cccnc2C)O3)cc(OC)c1OC. The van der Waals surface area contributed by atoms with Crippen molar-refractivity contribution in [1.82, 2.24) is 10.3 Å². The molecule has 5 unspecified atom stereocenters. The van der Waals surface area contributed by atoms with E-state index in [0.29, 0.717) is 23.2 Å². The quantitative estimate of drug-likeness (QED) is 0.619. The molecule has 0 radical (unpaired) electrons. The van der Waals surface area contributed by atoms with Gasteiger partial charge in [0.05, 0.1) is 33.5 Å². The molecule has 7 nitrogen and oxygen atoms in total. The van der Waals surface area contributed by atoms with E-state index in [2.05, 4.69) is 30.2 Å². The van der Waals surface area contributed by atoms with Crippen LogP contribution in [0.4, 0.5) is 0 Å². The molecule has 2 saturated heterocycles. The van der Waals surface area contributed by atoms with Crippen LogP contribution in [-0.4, -0.2) is 45.3 Å². The molecular weight excluding hydrogens is 408 g/mol. The molecule has 2 fully saturated rings. The van der Waals surface area contributed by atoms with Gasteiger partial charge in [-0.25, -0.2) is 0 Å². The minimum atomic E-state index is -0.166. The fraction of sp³-hybridized carbons (Fsp3) is 0.560. The first-order valence-electron chi connectivity index (χ1n) is 11.3. The predicted molar refractivity (Wildman–Crippen MR) is 121 cm³/mol. The summed E-state index contributed by atoms with van der Waals surface area (Å²) < 4.78 is 29.0. The number of rotatable bonds is 9. The van der Waals surface area contributed by atoms with E-state index in [9.17, 15) is 0 Å². The normalized spacial score (nSPS) is 25.4. The van der Waals surface area contributed by atoms with Crippen molar-refractivity contribution in [2.24, 2.45) is 5.92 Å². The molecule has 2 bridgehead atoms. The van der Waals surface area contributed by atoms with Gasteiger partial charge < -0.3 is 29.0 Å². The molecule has 2 aliphatic heterocycles. The van der Waals surface area contributed by atoms with Crippen LogP contribution in [0.2, 0.25) is 0 Å². The van der Waals surface area contributed by atoms with E-state index in [0.717, 1.165) is 37.1 Å². The van der Waals surface area contributed by atoms with Gasteiger partial charge >= 0.3 is 0 Å². The average molecular weight is 443 g/mol. The molecule has 4 rings (SSSR count). The second kappa shape index (κ2) is 10.1. The summed E-state index contributed by atoms with van der Waals surface area (Å²) in [5.74, 6) is 2.29. The van der Waals surface area contributed by atoms with E-state index in [1.54, 1.807) is 21.3 Å². The van der Waals surface area contributed by atoms with Crippen molar-refractivity contribution < 1.29 is 23.7 Å². The number of nitrogens with zero attached hydrogens (tertiary/aromatic N) is 1. The number of aryl methyl sites for hydroxylation is 1. The molecule has 2 aromatic rings. The number of nitrogens with one attached hydrogen (secondary N) is 1. The average Bonchev–Trinajstić information content (AvgIpc) is 3.11. The summed E-state index contributed by atoms with van der Waals surface area (Å²) in [5.41, 5.74) is 3.35. The molecule has 32 heavy (non-hydrogen) atoms. The van der Waals surface area contributed by atoms with Crippen molar-refractivity contribution in [1.29, 1.82) is 0 Å². The van der Waals surface area contributed by atoms with Crippen LogP contribution >= 0.6 is 0 Å². The highest BCUT2D eigenvalue weighted by Gasteiger charge is 2.43. The minimum Gasteiger partial charge on any atom is -0.493 e. The summed E-state index contributed by atoms with van der Waals surface area (Å²) in [5, 5.41) is 3.62. The zero-order valence-corrected chi connectivity index (χ0v) is 19.6. The Bertz CT molecular complexity index is 896. The molecule has 0 amide bonds.